The number of hydrogen-bond donors (Lipinski definition) is 2. The van der Waals surface area contributed by atoms with E-state index in [1.54, 1.807) is 0 Å². The van der Waals surface area contributed by atoms with Crippen LogP contribution in [0.15, 0.2) is 0 Å². The zero-order valence-electron chi connectivity index (χ0n) is 6.62. The van der Waals surface area contributed by atoms with Gasteiger partial charge in [-0.25, -0.2) is 0 Å². The summed E-state index contributed by atoms with van der Waals surface area (Å²) in [6, 6.07) is 0. The van der Waals surface area contributed by atoms with Crippen molar-refractivity contribution in [2.45, 2.75) is 13.8 Å². The molecule has 0 atom stereocenters. The molecule has 0 saturated heterocycles. The molecule has 0 aromatic carbocycles. The Morgan fingerprint density at radius 2 is 1.22 bits per heavy atom. The van der Waals surface area contributed by atoms with E-state index in [-0.39, 0.29) is 36.5 Å². The van der Waals surface area contributed by atoms with E-state index in [1.165, 1.54) is 0 Å². The van der Waals surface area contributed by atoms with Crippen molar-refractivity contribution < 1.29 is 54.0 Å². The number of rotatable bonds is 0. The van der Waals surface area contributed by atoms with Crippen LogP contribution in [0.3, 0.4) is 0 Å². The van der Waals surface area contributed by atoms with Gasteiger partial charge in [-0.2, -0.15) is 8.42 Å². The molecule has 0 spiro atoms. The molecule has 0 unspecified atom stereocenters. The SMILES string of the molecule is CC.O.O=S(=O)(O)O.[H-].[Na+]. The van der Waals surface area contributed by atoms with Gasteiger partial charge in [0.15, 0.2) is 0 Å². The normalized spacial score (nSPS) is 7.11. The van der Waals surface area contributed by atoms with Crippen LogP contribution in [-0.4, -0.2) is 23.0 Å². The Morgan fingerprint density at radius 3 is 1.22 bits per heavy atom. The molecule has 0 fully saturated rings. The summed E-state index contributed by atoms with van der Waals surface area (Å²) in [6.45, 7) is 4.00. The third-order valence-corrected chi connectivity index (χ3v) is 0. The average molecular weight is 170 g/mol. The first-order valence-electron chi connectivity index (χ1n) is 1.70. The molecule has 5 nitrogen and oxygen atoms in total. The molecule has 0 heterocycles. The van der Waals surface area contributed by atoms with Crippen LogP contribution < -0.4 is 29.6 Å². The average Bonchev–Trinajstić information content (AvgIpc) is 1.36. The van der Waals surface area contributed by atoms with Crippen molar-refractivity contribution in [2.75, 3.05) is 0 Å². The van der Waals surface area contributed by atoms with Crippen LogP contribution in [0.2, 0.25) is 0 Å². The van der Waals surface area contributed by atoms with Gasteiger partial charge >= 0.3 is 40.0 Å². The Balaban J connectivity index is -0.0000000154. The maximum absolute atomic E-state index is 8.74. The zero-order valence-corrected chi connectivity index (χ0v) is 8.44. The minimum Gasteiger partial charge on any atom is -1.00 e. The molecular formula is C2H11NaO5S. The van der Waals surface area contributed by atoms with Gasteiger partial charge in [0, 0.05) is 0 Å². The van der Waals surface area contributed by atoms with Gasteiger partial charge in [-0.3, -0.25) is 9.11 Å². The van der Waals surface area contributed by atoms with Gasteiger partial charge in [0.05, 0.1) is 0 Å². The third-order valence-electron chi connectivity index (χ3n) is 0. The Morgan fingerprint density at radius 1 is 1.22 bits per heavy atom. The summed E-state index contributed by atoms with van der Waals surface area (Å²) in [5.74, 6) is 0. The van der Waals surface area contributed by atoms with Crippen molar-refractivity contribution in [3.05, 3.63) is 0 Å². The van der Waals surface area contributed by atoms with Gasteiger partial charge in [-0.05, 0) is 0 Å². The summed E-state index contributed by atoms with van der Waals surface area (Å²) in [7, 11) is -4.67. The fraction of sp³-hybridized carbons (Fsp3) is 1.00. The molecule has 9 heavy (non-hydrogen) atoms. The van der Waals surface area contributed by atoms with E-state index in [0.717, 1.165) is 0 Å². The minimum absolute atomic E-state index is 0. The van der Waals surface area contributed by atoms with Crippen molar-refractivity contribution in [1.82, 2.24) is 0 Å². The van der Waals surface area contributed by atoms with Crippen LogP contribution in [0.5, 0.6) is 0 Å². The van der Waals surface area contributed by atoms with Gasteiger partial charge in [-0.1, -0.05) is 13.8 Å². The van der Waals surface area contributed by atoms with Gasteiger partial charge < -0.3 is 6.90 Å². The molecule has 0 aromatic heterocycles. The third kappa shape index (κ3) is 598. The van der Waals surface area contributed by atoms with Crippen molar-refractivity contribution in [3.63, 3.8) is 0 Å². The second-order valence-electron chi connectivity index (χ2n) is 0.448. The summed E-state index contributed by atoms with van der Waals surface area (Å²) >= 11 is 0. The number of hydrogen-bond acceptors (Lipinski definition) is 2. The molecule has 0 radical (unpaired) electrons. The summed E-state index contributed by atoms with van der Waals surface area (Å²) in [4.78, 5) is 0. The largest absolute Gasteiger partial charge is 1.00 e. The summed E-state index contributed by atoms with van der Waals surface area (Å²) in [6.07, 6.45) is 0. The standard InChI is InChI=1S/C2H6.Na.H2O4S.H2O.H/c1-2;;1-5(2,3)4;;/h1-2H3;;(H2,1,2,3,4);1H2;/q;+1;;;-1. The molecule has 0 saturated carbocycles. The Bertz CT molecular complexity index is 103. The molecular weight excluding hydrogens is 159 g/mol. The van der Waals surface area contributed by atoms with Crippen LogP contribution >= 0.6 is 0 Å². The van der Waals surface area contributed by atoms with Gasteiger partial charge in [-0.15, -0.1) is 0 Å². The van der Waals surface area contributed by atoms with Crippen molar-refractivity contribution in [1.29, 1.82) is 0 Å². The summed E-state index contributed by atoms with van der Waals surface area (Å²) in [5.41, 5.74) is 0. The minimum atomic E-state index is -4.67. The van der Waals surface area contributed by atoms with E-state index in [4.69, 9.17) is 17.5 Å². The predicted molar refractivity (Wildman–Crippen MR) is 30.3 cm³/mol. The van der Waals surface area contributed by atoms with Crippen LogP contribution in [0.25, 0.3) is 0 Å². The first kappa shape index (κ1) is 22.5. The molecule has 0 rings (SSSR count). The van der Waals surface area contributed by atoms with E-state index < -0.39 is 10.4 Å². The monoisotopic (exact) mass is 170 g/mol. The van der Waals surface area contributed by atoms with E-state index in [9.17, 15) is 0 Å². The maximum Gasteiger partial charge on any atom is 1.00 e. The van der Waals surface area contributed by atoms with Gasteiger partial charge in [0.1, 0.15) is 0 Å². The molecule has 0 aliphatic rings. The molecule has 0 aliphatic carbocycles. The second-order valence-corrected chi connectivity index (χ2v) is 1.34. The Labute approximate surface area is 78.1 Å². The molecule has 4 N–H and O–H groups in total. The molecule has 7 heteroatoms. The van der Waals surface area contributed by atoms with Crippen molar-refractivity contribution in [2.24, 2.45) is 0 Å². The van der Waals surface area contributed by atoms with E-state index in [0.29, 0.717) is 0 Å². The van der Waals surface area contributed by atoms with Crippen LogP contribution in [0, 0.1) is 0 Å². The Hall–Kier alpha value is 0.830. The fourth-order valence-electron chi connectivity index (χ4n) is 0. The van der Waals surface area contributed by atoms with Gasteiger partial charge in [0.25, 0.3) is 0 Å². The fourth-order valence-corrected chi connectivity index (χ4v) is 0. The summed E-state index contributed by atoms with van der Waals surface area (Å²) in [5, 5.41) is 0. The summed E-state index contributed by atoms with van der Waals surface area (Å²) < 4.78 is 31.6. The molecule has 0 amide bonds. The molecule has 56 valence electrons. The first-order valence-corrected chi connectivity index (χ1v) is 3.10. The molecule has 0 aliphatic heterocycles. The topological polar surface area (TPSA) is 106 Å². The van der Waals surface area contributed by atoms with Crippen LogP contribution in [-0.2, 0) is 10.4 Å². The van der Waals surface area contributed by atoms with Gasteiger partial charge in [0.2, 0.25) is 0 Å². The maximum atomic E-state index is 8.74. The van der Waals surface area contributed by atoms with E-state index in [2.05, 4.69) is 0 Å². The Kier molecular flexibility index (Phi) is 29.1. The predicted octanol–water partition coefficient (Wildman–Crippen LogP) is -3.33. The molecule has 0 bridgehead atoms. The second kappa shape index (κ2) is 11.6. The van der Waals surface area contributed by atoms with E-state index in [1.807, 2.05) is 13.8 Å². The van der Waals surface area contributed by atoms with Crippen LogP contribution in [0.1, 0.15) is 15.3 Å². The zero-order chi connectivity index (χ0) is 6.50. The quantitative estimate of drug-likeness (QED) is 0.293. The van der Waals surface area contributed by atoms with Crippen molar-refractivity contribution in [3.8, 4) is 0 Å². The molecule has 0 aromatic rings. The van der Waals surface area contributed by atoms with E-state index >= 15 is 0 Å². The first-order chi connectivity index (χ1) is 3.00. The van der Waals surface area contributed by atoms with Crippen molar-refractivity contribution >= 4 is 10.4 Å². The smallest absolute Gasteiger partial charge is 1.00 e. The van der Waals surface area contributed by atoms with Crippen LogP contribution in [0.4, 0.5) is 0 Å².